The van der Waals surface area contributed by atoms with Crippen molar-refractivity contribution >= 4 is 23.2 Å². The monoisotopic (exact) mass is 195 g/mol. The van der Waals surface area contributed by atoms with Crippen LogP contribution in [0.2, 0.25) is 0 Å². The molecule has 0 saturated heterocycles. The summed E-state index contributed by atoms with van der Waals surface area (Å²) in [5, 5.41) is -0.0319. The average molecular weight is 195 g/mol. The van der Waals surface area contributed by atoms with Crippen molar-refractivity contribution in [1.29, 1.82) is 0 Å². The lowest BCUT2D eigenvalue weighted by Crippen LogP contribution is -2.15. The molecule has 0 aliphatic carbocycles. The van der Waals surface area contributed by atoms with E-state index in [1.165, 1.54) is 6.92 Å². The molecular weight excluding hydrogens is 186 g/mol. The maximum atomic E-state index is 10.9. The molecule has 0 fully saturated rings. The number of hydrogen-bond acceptors (Lipinski definition) is 3. The van der Waals surface area contributed by atoms with E-state index in [9.17, 15) is 4.79 Å². The second kappa shape index (κ2) is 4.00. The number of ketones is 1. The first kappa shape index (κ1) is 9.67. The maximum absolute atomic E-state index is 10.9. The maximum Gasteiger partial charge on any atom is 0.259 e. The smallest absolute Gasteiger partial charge is 0.259 e. The first-order chi connectivity index (χ1) is 6.09. The van der Waals surface area contributed by atoms with Crippen LogP contribution < -0.4 is 10.5 Å². The molecule has 0 saturated carbocycles. The van der Waals surface area contributed by atoms with Crippen LogP contribution in [0.5, 0.6) is 5.75 Å². The minimum Gasteiger partial charge on any atom is -0.432 e. The number of thiocarbonyl (C=S) groups is 1. The largest absolute Gasteiger partial charge is 0.432 e. The Labute approximate surface area is 81.5 Å². The molecule has 0 heterocycles. The SMILES string of the molecule is CC(=O)c1ccc(OC(N)=S)cc1. The fourth-order valence-electron chi connectivity index (χ4n) is 0.874. The van der Waals surface area contributed by atoms with Gasteiger partial charge in [0.25, 0.3) is 5.17 Å². The predicted octanol–water partition coefficient (Wildman–Crippen LogP) is 1.51. The van der Waals surface area contributed by atoms with E-state index < -0.39 is 0 Å². The molecule has 0 aliphatic rings. The lowest BCUT2D eigenvalue weighted by atomic mass is 10.1. The fraction of sp³-hybridized carbons (Fsp3) is 0.111. The number of carbonyl (C=O) groups is 1. The van der Waals surface area contributed by atoms with E-state index in [4.69, 9.17) is 10.5 Å². The van der Waals surface area contributed by atoms with Gasteiger partial charge in [-0.15, -0.1) is 0 Å². The number of nitrogens with two attached hydrogens (primary N) is 1. The number of carbonyl (C=O) groups excluding carboxylic acids is 1. The van der Waals surface area contributed by atoms with Crippen LogP contribution in [-0.2, 0) is 0 Å². The van der Waals surface area contributed by atoms with Gasteiger partial charge < -0.3 is 10.5 Å². The molecule has 68 valence electrons. The number of hydrogen-bond donors (Lipinski definition) is 1. The fourth-order valence-corrected chi connectivity index (χ4v) is 0.970. The summed E-state index contributed by atoms with van der Waals surface area (Å²) in [6.45, 7) is 1.50. The van der Waals surface area contributed by atoms with E-state index in [0.717, 1.165) is 0 Å². The van der Waals surface area contributed by atoms with Gasteiger partial charge >= 0.3 is 0 Å². The third-order valence-electron chi connectivity index (χ3n) is 1.48. The van der Waals surface area contributed by atoms with Gasteiger partial charge in [-0.25, -0.2) is 0 Å². The third-order valence-corrected chi connectivity index (χ3v) is 1.56. The zero-order chi connectivity index (χ0) is 9.84. The van der Waals surface area contributed by atoms with E-state index in [1.54, 1.807) is 24.3 Å². The highest BCUT2D eigenvalue weighted by Crippen LogP contribution is 2.12. The van der Waals surface area contributed by atoms with Gasteiger partial charge in [-0.1, -0.05) is 0 Å². The van der Waals surface area contributed by atoms with Gasteiger partial charge in [-0.3, -0.25) is 4.79 Å². The zero-order valence-electron chi connectivity index (χ0n) is 7.11. The highest BCUT2D eigenvalue weighted by atomic mass is 32.1. The molecule has 0 amide bonds. The van der Waals surface area contributed by atoms with E-state index in [1.807, 2.05) is 0 Å². The Morgan fingerprint density at radius 2 is 1.92 bits per heavy atom. The Morgan fingerprint density at radius 1 is 1.38 bits per heavy atom. The van der Waals surface area contributed by atoms with Crippen LogP contribution in [0.3, 0.4) is 0 Å². The Morgan fingerprint density at radius 3 is 2.31 bits per heavy atom. The van der Waals surface area contributed by atoms with Crippen LogP contribution in [0, 0.1) is 0 Å². The highest BCUT2D eigenvalue weighted by molar-refractivity contribution is 7.80. The lowest BCUT2D eigenvalue weighted by molar-refractivity contribution is 0.101. The Hall–Kier alpha value is -1.42. The van der Waals surface area contributed by atoms with Gasteiger partial charge in [0.2, 0.25) is 0 Å². The summed E-state index contributed by atoms with van der Waals surface area (Å²) >= 11 is 4.55. The number of ether oxygens (including phenoxy) is 1. The molecule has 1 aromatic rings. The summed E-state index contributed by atoms with van der Waals surface area (Å²) in [6.07, 6.45) is 0. The molecule has 4 heteroatoms. The average Bonchev–Trinajstić information content (AvgIpc) is 2.04. The highest BCUT2D eigenvalue weighted by Gasteiger charge is 1.99. The van der Waals surface area contributed by atoms with Crippen molar-refractivity contribution in [2.45, 2.75) is 6.92 Å². The summed E-state index contributed by atoms with van der Waals surface area (Å²) in [6, 6.07) is 6.62. The predicted molar refractivity (Wildman–Crippen MR) is 53.9 cm³/mol. The number of benzene rings is 1. The van der Waals surface area contributed by atoms with Crippen LogP contribution in [0.15, 0.2) is 24.3 Å². The van der Waals surface area contributed by atoms with E-state index in [0.29, 0.717) is 11.3 Å². The number of Topliss-reactive ketones (excluding diaryl/α,β-unsaturated/α-hetero) is 1. The standard InChI is InChI=1S/C9H9NO2S/c1-6(11)7-2-4-8(5-3-7)12-9(10)13/h2-5H,1H3,(H2,10,13). The van der Waals surface area contributed by atoms with Crippen LogP contribution in [-0.4, -0.2) is 11.0 Å². The second-order valence-corrected chi connectivity index (χ2v) is 2.90. The molecule has 0 bridgehead atoms. The van der Waals surface area contributed by atoms with E-state index >= 15 is 0 Å². The van der Waals surface area contributed by atoms with Crippen LogP contribution >= 0.6 is 12.2 Å². The van der Waals surface area contributed by atoms with Crippen molar-refractivity contribution in [3.63, 3.8) is 0 Å². The molecule has 0 atom stereocenters. The Balaban J connectivity index is 2.81. The molecule has 13 heavy (non-hydrogen) atoms. The normalized spacial score (nSPS) is 9.31. The lowest BCUT2D eigenvalue weighted by Gasteiger charge is -2.02. The summed E-state index contributed by atoms with van der Waals surface area (Å²) in [5.74, 6) is 0.555. The topological polar surface area (TPSA) is 52.3 Å². The zero-order valence-corrected chi connectivity index (χ0v) is 7.93. The van der Waals surface area contributed by atoms with Crippen molar-refractivity contribution in [3.05, 3.63) is 29.8 Å². The minimum atomic E-state index is -0.0319. The van der Waals surface area contributed by atoms with Crippen molar-refractivity contribution in [2.24, 2.45) is 5.73 Å². The molecule has 0 unspecified atom stereocenters. The van der Waals surface area contributed by atoms with Crippen molar-refractivity contribution in [1.82, 2.24) is 0 Å². The molecular formula is C9H9NO2S. The molecule has 1 rings (SSSR count). The van der Waals surface area contributed by atoms with Gasteiger partial charge in [0.1, 0.15) is 5.75 Å². The van der Waals surface area contributed by atoms with Crippen LogP contribution in [0.1, 0.15) is 17.3 Å². The Kier molecular flexibility index (Phi) is 2.97. The van der Waals surface area contributed by atoms with E-state index in [2.05, 4.69) is 12.2 Å². The quantitative estimate of drug-likeness (QED) is 0.574. The summed E-state index contributed by atoms with van der Waals surface area (Å²) in [4.78, 5) is 10.9. The Bertz CT molecular complexity index is 332. The minimum absolute atomic E-state index is 0.0156. The van der Waals surface area contributed by atoms with Gasteiger partial charge in [0, 0.05) is 5.56 Å². The summed E-state index contributed by atoms with van der Waals surface area (Å²) < 4.78 is 4.95. The molecule has 2 N–H and O–H groups in total. The first-order valence-electron chi connectivity index (χ1n) is 3.68. The molecule has 3 nitrogen and oxygen atoms in total. The van der Waals surface area contributed by atoms with Crippen molar-refractivity contribution in [2.75, 3.05) is 0 Å². The second-order valence-electron chi connectivity index (χ2n) is 2.50. The summed E-state index contributed by atoms with van der Waals surface area (Å²) in [5.41, 5.74) is 5.80. The molecule has 0 spiro atoms. The molecule has 0 radical (unpaired) electrons. The van der Waals surface area contributed by atoms with E-state index in [-0.39, 0.29) is 11.0 Å². The number of rotatable bonds is 2. The van der Waals surface area contributed by atoms with Gasteiger partial charge in [0.05, 0.1) is 0 Å². The summed E-state index contributed by atoms with van der Waals surface area (Å²) in [7, 11) is 0. The van der Waals surface area contributed by atoms with Crippen molar-refractivity contribution < 1.29 is 9.53 Å². The van der Waals surface area contributed by atoms with Crippen LogP contribution in [0.4, 0.5) is 0 Å². The van der Waals surface area contributed by atoms with Crippen molar-refractivity contribution in [3.8, 4) is 5.75 Å². The molecule has 0 aliphatic heterocycles. The van der Waals surface area contributed by atoms with Crippen LogP contribution in [0.25, 0.3) is 0 Å². The molecule has 0 aromatic heterocycles. The van der Waals surface area contributed by atoms with Gasteiger partial charge in [-0.05, 0) is 43.4 Å². The molecule has 1 aromatic carbocycles. The third kappa shape index (κ3) is 2.83. The first-order valence-corrected chi connectivity index (χ1v) is 4.08. The van der Waals surface area contributed by atoms with Gasteiger partial charge in [-0.2, -0.15) is 0 Å². The van der Waals surface area contributed by atoms with Gasteiger partial charge in [0.15, 0.2) is 5.78 Å².